The van der Waals surface area contributed by atoms with Gasteiger partial charge in [-0.2, -0.15) is 0 Å². The Bertz CT molecular complexity index is 565. The number of carbonyl (C=O) groups excluding carboxylic acids is 2. The molecule has 1 unspecified atom stereocenters. The summed E-state index contributed by atoms with van der Waals surface area (Å²) in [6, 6.07) is 7.50. The molecule has 2 amide bonds. The van der Waals surface area contributed by atoms with Crippen LogP contribution in [0.1, 0.15) is 58.7 Å². The van der Waals surface area contributed by atoms with Crippen LogP contribution in [0, 0.1) is 5.92 Å². The van der Waals surface area contributed by atoms with Crippen molar-refractivity contribution in [3.8, 4) is 0 Å². The first-order valence-corrected chi connectivity index (χ1v) is 8.45. The first-order valence-electron chi connectivity index (χ1n) is 8.45. The summed E-state index contributed by atoms with van der Waals surface area (Å²) in [5.41, 5.74) is 8.12. The number of nitrogens with two attached hydrogens (primary N) is 1. The summed E-state index contributed by atoms with van der Waals surface area (Å²) in [5, 5.41) is 5.46. The molecule has 1 rings (SSSR count). The third-order valence-corrected chi connectivity index (χ3v) is 4.10. The minimum Gasteiger partial charge on any atom is -0.348 e. The second-order valence-electron chi connectivity index (χ2n) is 7.65. The van der Waals surface area contributed by atoms with E-state index >= 15 is 0 Å². The SMILES string of the molecule is CC(NC(=O)CNC(=O)[C@@H](N)C(C)C)c1ccc(C(C)(C)C)cc1.Cl. The second kappa shape index (κ2) is 9.78. The Morgan fingerprint density at radius 3 is 2.04 bits per heavy atom. The van der Waals surface area contributed by atoms with Crippen molar-refractivity contribution in [2.75, 3.05) is 6.54 Å². The lowest BCUT2D eigenvalue weighted by Crippen LogP contribution is -2.47. The maximum atomic E-state index is 12.0. The fourth-order valence-electron chi connectivity index (χ4n) is 2.24. The van der Waals surface area contributed by atoms with E-state index in [0.29, 0.717) is 0 Å². The molecule has 0 saturated heterocycles. The number of nitrogens with one attached hydrogen (secondary N) is 2. The third-order valence-electron chi connectivity index (χ3n) is 4.10. The van der Waals surface area contributed by atoms with E-state index in [9.17, 15) is 9.59 Å². The molecule has 25 heavy (non-hydrogen) atoms. The van der Waals surface area contributed by atoms with E-state index in [2.05, 4.69) is 43.5 Å². The summed E-state index contributed by atoms with van der Waals surface area (Å²) >= 11 is 0. The standard InChI is InChI=1S/C19H31N3O2.ClH/c1-12(2)17(20)18(24)21-11-16(23)22-13(3)14-7-9-15(10-8-14)19(4,5)6;/h7-10,12-13,17H,11,20H2,1-6H3,(H,21,24)(H,22,23);1H/t13?,17-;/m0./s1. The molecule has 0 heterocycles. The van der Waals surface area contributed by atoms with E-state index < -0.39 is 6.04 Å². The Morgan fingerprint density at radius 1 is 1.08 bits per heavy atom. The number of hydrogen-bond acceptors (Lipinski definition) is 3. The first-order chi connectivity index (χ1) is 11.0. The van der Waals surface area contributed by atoms with Crippen LogP contribution in [0.25, 0.3) is 0 Å². The van der Waals surface area contributed by atoms with Gasteiger partial charge in [-0.05, 0) is 29.4 Å². The maximum Gasteiger partial charge on any atom is 0.239 e. The van der Waals surface area contributed by atoms with Crippen LogP contribution < -0.4 is 16.4 Å². The molecule has 1 aromatic carbocycles. The normalized spacial score (nSPS) is 13.6. The van der Waals surface area contributed by atoms with E-state index in [4.69, 9.17) is 5.73 Å². The zero-order valence-electron chi connectivity index (χ0n) is 16.1. The average Bonchev–Trinajstić information content (AvgIpc) is 2.50. The fraction of sp³-hybridized carbons (Fsp3) is 0.579. The zero-order chi connectivity index (χ0) is 18.5. The molecule has 6 heteroatoms. The van der Waals surface area contributed by atoms with E-state index in [1.54, 1.807) is 0 Å². The van der Waals surface area contributed by atoms with Gasteiger partial charge in [0.1, 0.15) is 0 Å². The van der Waals surface area contributed by atoms with E-state index in [1.807, 2.05) is 32.9 Å². The van der Waals surface area contributed by atoms with Crippen molar-refractivity contribution < 1.29 is 9.59 Å². The van der Waals surface area contributed by atoms with Crippen LogP contribution in [0.4, 0.5) is 0 Å². The van der Waals surface area contributed by atoms with Crippen molar-refractivity contribution in [1.29, 1.82) is 0 Å². The molecule has 0 spiro atoms. The molecule has 0 radical (unpaired) electrons. The van der Waals surface area contributed by atoms with E-state index in [-0.39, 0.29) is 48.1 Å². The number of rotatable bonds is 6. The molecule has 0 bridgehead atoms. The van der Waals surface area contributed by atoms with Crippen molar-refractivity contribution >= 4 is 24.2 Å². The highest BCUT2D eigenvalue weighted by Gasteiger charge is 2.18. The predicted octanol–water partition coefficient (Wildman–Crippen LogP) is 2.68. The summed E-state index contributed by atoms with van der Waals surface area (Å²) in [6.07, 6.45) is 0. The molecule has 2 atom stereocenters. The Labute approximate surface area is 157 Å². The number of amides is 2. The van der Waals surface area contributed by atoms with E-state index in [0.717, 1.165) is 5.56 Å². The molecule has 0 aliphatic carbocycles. The van der Waals surface area contributed by atoms with Gasteiger partial charge in [-0.25, -0.2) is 0 Å². The highest BCUT2D eigenvalue weighted by atomic mass is 35.5. The number of carbonyl (C=O) groups is 2. The lowest BCUT2D eigenvalue weighted by Gasteiger charge is -2.21. The highest BCUT2D eigenvalue weighted by Crippen LogP contribution is 2.23. The van der Waals surface area contributed by atoms with Crippen LogP contribution in [0.3, 0.4) is 0 Å². The number of hydrogen-bond donors (Lipinski definition) is 3. The van der Waals surface area contributed by atoms with Gasteiger partial charge in [0.2, 0.25) is 11.8 Å². The minimum absolute atomic E-state index is 0. The zero-order valence-corrected chi connectivity index (χ0v) is 16.9. The predicted molar refractivity (Wildman–Crippen MR) is 105 cm³/mol. The quantitative estimate of drug-likeness (QED) is 0.720. The summed E-state index contributed by atoms with van der Waals surface area (Å²) < 4.78 is 0. The smallest absolute Gasteiger partial charge is 0.239 e. The van der Waals surface area contributed by atoms with Gasteiger partial charge in [-0.15, -0.1) is 12.4 Å². The van der Waals surface area contributed by atoms with Crippen LogP contribution in [0.15, 0.2) is 24.3 Å². The van der Waals surface area contributed by atoms with Crippen LogP contribution >= 0.6 is 12.4 Å². The van der Waals surface area contributed by atoms with E-state index in [1.165, 1.54) is 5.56 Å². The second-order valence-corrected chi connectivity index (χ2v) is 7.65. The maximum absolute atomic E-state index is 12.0. The summed E-state index contributed by atoms with van der Waals surface area (Å²) in [4.78, 5) is 23.7. The molecule has 0 aromatic heterocycles. The van der Waals surface area contributed by atoms with Crippen LogP contribution in [-0.2, 0) is 15.0 Å². The first kappa shape index (κ1) is 23.4. The molecule has 5 nitrogen and oxygen atoms in total. The van der Waals surface area contributed by atoms with Crippen molar-refractivity contribution in [3.05, 3.63) is 35.4 Å². The Hall–Kier alpha value is -1.59. The number of halogens is 1. The van der Waals surface area contributed by atoms with Crippen molar-refractivity contribution in [1.82, 2.24) is 10.6 Å². The van der Waals surface area contributed by atoms with Gasteiger partial charge in [0, 0.05) is 0 Å². The van der Waals surface area contributed by atoms with Gasteiger partial charge in [-0.1, -0.05) is 58.9 Å². The van der Waals surface area contributed by atoms with Gasteiger partial charge in [-0.3, -0.25) is 9.59 Å². The third kappa shape index (κ3) is 7.45. The molecular formula is C19H32ClN3O2. The van der Waals surface area contributed by atoms with Gasteiger partial charge < -0.3 is 16.4 Å². The lowest BCUT2D eigenvalue weighted by molar-refractivity contribution is -0.127. The molecule has 0 saturated carbocycles. The highest BCUT2D eigenvalue weighted by molar-refractivity contribution is 5.87. The molecule has 142 valence electrons. The van der Waals surface area contributed by atoms with Crippen LogP contribution in [-0.4, -0.2) is 24.4 Å². The largest absolute Gasteiger partial charge is 0.348 e. The van der Waals surface area contributed by atoms with Crippen LogP contribution in [0.2, 0.25) is 0 Å². The molecule has 0 aliphatic rings. The van der Waals surface area contributed by atoms with Gasteiger partial charge in [0.05, 0.1) is 18.6 Å². The van der Waals surface area contributed by atoms with Crippen molar-refractivity contribution in [3.63, 3.8) is 0 Å². The minimum atomic E-state index is -0.597. The van der Waals surface area contributed by atoms with Crippen molar-refractivity contribution in [2.24, 2.45) is 11.7 Å². The van der Waals surface area contributed by atoms with Crippen molar-refractivity contribution in [2.45, 2.75) is 59.0 Å². The van der Waals surface area contributed by atoms with Gasteiger partial charge in [0.15, 0.2) is 0 Å². The summed E-state index contributed by atoms with van der Waals surface area (Å²) in [5.74, 6) is -0.498. The molecular weight excluding hydrogens is 338 g/mol. The topological polar surface area (TPSA) is 84.2 Å². The molecule has 0 fully saturated rings. The summed E-state index contributed by atoms with van der Waals surface area (Å²) in [7, 11) is 0. The molecule has 1 aromatic rings. The average molecular weight is 370 g/mol. The summed E-state index contributed by atoms with van der Waals surface area (Å²) in [6.45, 7) is 12.1. The Balaban J connectivity index is 0.00000576. The van der Waals surface area contributed by atoms with Gasteiger partial charge >= 0.3 is 0 Å². The Morgan fingerprint density at radius 2 is 1.60 bits per heavy atom. The van der Waals surface area contributed by atoms with Crippen LogP contribution in [0.5, 0.6) is 0 Å². The Kier molecular flexibility index (Phi) is 9.16. The monoisotopic (exact) mass is 369 g/mol. The molecule has 0 aliphatic heterocycles. The fourth-order valence-corrected chi connectivity index (χ4v) is 2.24. The van der Waals surface area contributed by atoms with Gasteiger partial charge in [0.25, 0.3) is 0 Å². The number of benzene rings is 1. The lowest BCUT2D eigenvalue weighted by atomic mass is 9.86. The molecule has 4 N–H and O–H groups in total.